The molecule has 0 saturated heterocycles. The number of hydrogen-bond acceptors (Lipinski definition) is 4. The van der Waals surface area contributed by atoms with E-state index in [0.29, 0.717) is 18.8 Å². The number of halogens is 1. The minimum atomic E-state index is -0.761. The Bertz CT molecular complexity index is 437. The van der Waals surface area contributed by atoms with Crippen molar-refractivity contribution in [2.24, 2.45) is 0 Å². The standard InChI is InChI=1S/C11H15ClN4O2/c1-16(2)7-6-14-10(17)11(18)15-8-4-3-5-13-9(8)12/h3-5H,6-7H2,1-2H3,(H,14,17)(H,15,18). The van der Waals surface area contributed by atoms with Crippen LogP contribution in [-0.2, 0) is 9.59 Å². The molecule has 0 spiro atoms. The van der Waals surface area contributed by atoms with Gasteiger partial charge < -0.3 is 15.5 Å². The van der Waals surface area contributed by atoms with Crippen molar-refractivity contribution in [3.05, 3.63) is 23.5 Å². The molecule has 1 aromatic heterocycles. The van der Waals surface area contributed by atoms with Crippen LogP contribution in [0.15, 0.2) is 18.3 Å². The number of pyridine rings is 1. The Balaban J connectivity index is 2.46. The number of likely N-dealkylation sites (N-methyl/N-ethyl adjacent to an activating group) is 1. The number of nitrogens with zero attached hydrogens (tertiary/aromatic N) is 2. The van der Waals surface area contributed by atoms with Crippen molar-refractivity contribution < 1.29 is 9.59 Å². The normalized spacial score (nSPS) is 10.2. The van der Waals surface area contributed by atoms with Gasteiger partial charge in [0.1, 0.15) is 0 Å². The summed E-state index contributed by atoms with van der Waals surface area (Å²) in [6.07, 6.45) is 1.50. The van der Waals surface area contributed by atoms with Gasteiger partial charge in [-0.1, -0.05) is 11.6 Å². The third kappa shape index (κ3) is 4.68. The Labute approximate surface area is 110 Å². The zero-order valence-corrected chi connectivity index (χ0v) is 11.0. The van der Waals surface area contributed by atoms with E-state index in [1.165, 1.54) is 6.20 Å². The Morgan fingerprint density at radius 3 is 2.72 bits per heavy atom. The molecule has 0 saturated carbocycles. The second-order valence-electron chi connectivity index (χ2n) is 3.86. The Kier molecular flexibility index (Phi) is 5.54. The van der Waals surface area contributed by atoms with E-state index in [2.05, 4.69) is 15.6 Å². The first-order chi connectivity index (χ1) is 8.50. The number of amides is 2. The summed E-state index contributed by atoms with van der Waals surface area (Å²) in [6.45, 7) is 1.06. The lowest BCUT2D eigenvalue weighted by atomic mass is 10.4. The molecule has 1 aromatic rings. The van der Waals surface area contributed by atoms with Gasteiger partial charge >= 0.3 is 11.8 Å². The van der Waals surface area contributed by atoms with Crippen LogP contribution in [0.5, 0.6) is 0 Å². The van der Waals surface area contributed by atoms with E-state index < -0.39 is 11.8 Å². The van der Waals surface area contributed by atoms with Crippen molar-refractivity contribution >= 4 is 29.1 Å². The summed E-state index contributed by atoms with van der Waals surface area (Å²) in [5, 5.41) is 5.03. The highest BCUT2D eigenvalue weighted by molar-refractivity contribution is 6.41. The van der Waals surface area contributed by atoms with E-state index in [1.807, 2.05) is 19.0 Å². The second-order valence-corrected chi connectivity index (χ2v) is 4.21. The zero-order chi connectivity index (χ0) is 13.5. The Morgan fingerprint density at radius 1 is 1.39 bits per heavy atom. The Morgan fingerprint density at radius 2 is 2.11 bits per heavy atom. The van der Waals surface area contributed by atoms with Gasteiger partial charge in [0.15, 0.2) is 5.15 Å². The molecule has 0 radical (unpaired) electrons. The van der Waals surface area contributed by atoms with Gasteiger partial charge in [-0.15, -0.1) is 0 Å². The van der Waals surface area contributed by atoms with Crippen molar-refractivity contribution in [3.63, 3.8) is 0 Å². The highest BCUT2D eigenvalue weighted by atomic mass is 35.5. The number of carbonyl (C=O) groups excluding carboxylic acids is 2. The lowest BCUT2D eigenvalue weighted by Gasteiger charge is -2.10. The van der Waals surface area contributed by atoms with Crippen LogP contribution in [0.4, 0.5) is 5.69 Å². The van der Waals surface area contributed by atoms with Gasteiger partial charge in [0.25, 0.3) is 0 Å². The monoisotopic (exact) mass is 270 g/mol. The van der Waals surface area contributed by atoms with Crippen LogP contribution < -0.4 is 10.6 Å². The highest BCUT2D eigenvalue weighted by Crippen LogP contribution is 2.16. The molecule has 0 bridgehead atoms. The van der Waals surface area contributed by atoms with Crippen LogP contribution in [0.25, 0.3) is 0 Å². The number of hydrogen-bond donors (Lipinski definition) is 2. The van der Waals surface area contributed by atoms with Gasteiger partial charge in [0.05, 0.1) is 5.69 Å². The molecular weight excluding hydrogens is 256 g/mol. The van der Waals surface area contributed by atoms with Gasteiger partial charge in [0, 0.05) is 19.3 Å². The molecule has 0 aliphatic carbocycles. The van der Waals surface area contributed by atoms with E-state index in [9.17, 15) is 9.59 Å². The quantitative estimate of drug-likeness (QED) is 0.612. The van der Waals surface area contributed by atoms with Crippen LogP contribution >= 0.6 is 11.6 Å². The zero-order valence-electron chi connectivity index (χ0n) is 10.2. The molecule has 0 aliphatic rings. The summed E-state index contributed by atoms with van der Waals surface area (Å²) in [4.78, 5) is 28.6. The van der Waals surface area contributed by atoms with Crippen LogP contribution in [0, 0.1) is 0 Å². The van der Waals surface area contributed by atoms with Gasteiger partial charge in [0.2, 0.25) is 0 Å². The first-order valence-corrected chi connectivity index (χ1v) is 5.73. The molecule has 0 aliphatic heterocycles. The van der Waals surface area contributed by atoms with Gasteiger partial charge in [-0.2, -0.15) is 0 Å². The summed E-state index contributed by atoms with van der Waals surface area (Å²) in [7, 11) is 3.75. The largest absolute Gasteiger partial charge is 0.347 e. The van der Waals surface area contributed by atoms with E-state index in [-0.39, 0.29) is 5.15 Å². The summed E-state index contributed by atoms with van der Waals surface area (Å²) >= 11 is 5.75. The van der Waals surface area contributed by atoms with Crippen molar-refractivity contribution in [2.45, 2.75) is 0 Å². The molecule has 0 atom stereocenters. The van der Waals surface area contributed by atoms with Crippen molar-refractivity contribution in [2.75, 3.05) is 32.5 Å². The van der Waals surface area contributed by atoms with Crippen LogP contribution in [0.3, 0.4) is 0 Å². The van der Waals surface area contributed by atoms with Gasteiger partial charge in [-0.25, -0.2) is 4.98 Å². The average molecular weight is 271 g/mol. The number of nitrogens with one attached hydrogen (secondary N) is 2. The minimum absolute atomic E-state index is 0.145. The predicted molar refractivity (Wildman–Crippen MR) is 69.4 cm³/mol. The maximum atomic E-state index is 11.5. The van der Waals surface area contributed by atoms with Crippen molar-refractivity contribution in [3.8, 4) is 0 Å². The Hall–Kier alpha value is -1.66. The highest BCUT2D eigenvalue weighted by Gasteiger charge is 2.14. The smallest absolute Gasteiger partial charge is 0.313 e. The molecule has 2 amide bonds. The third-order valence-electron chi connectivity index (χ3n) is 2.06. The van der Waals surface area contributed by atoms with Crippen molar-refractivity contribution in [1.29, 1.82) is 0 Å². The lowest BCUT2D eigenvalue weighted by molar-refractivity contribution is -0.136. The first kappa shape index (κ1) is 14.4. The maximum absolute atomic E-state index is 11.5. The fourth-order valence-corrected chi connectivity index (χ4v) is 1.30. The topological polar surface area (TPSA) is 74.3 Å². The van der Waals surface area contributed by atoms with E-state index in [1.54, 1.807) is 12.1 Å². The van der Waals surface area contributed by atoms with Crippen molar-refractivity contribution in [1.82, 2.24) is 15.2 Å². The molecule has 1 rings (SSSR count). The first-order valence-electron chi connectivity index (χ1n) is 5.35. The molecular formula is C11H15ClN4O2. The molecule has 0 unspecified atom stereocenters. The molecule has 98 valence electrons. The molecule has 0 aromatic carbocycles. The van der Waals surface area contributed by atoms with Crippen LogP contribution in [0.2, 0.25) is 5.15 Å². The SMILES string of the molecule is CN(C)CCNC(=O)C(=O)Nc1cccnc1Cl. The molecule has 18 heavy (non-hydrogen) atoms. The number of anilines is 1. The maximum Gasteiger partial charge on any atom is 0.313 e. The molecule has 7 heteroatoms. The van der Waals surface area contributed by atoms with Gasteiger partial charge in [-0.3, -0.25) is 9.59 Å². The summed E-state index contributed by atoms with van der Waals surface area (Å²) in [5.74, 6) is -1.46. The van der Waals surface area contributed by atoms with E-state index in [4.69, 9.17) is 11.6 Å². The number of carbonyl (C=O) groups is 2. The lowest BCUT2D eigenvalue weighted by Crippen LogP contribution is -2.38. The third-order valence-corrected chi connectivity index (χ3v) is 2.36. The second kappa shape index (κ2) is 6.93. The van der Waals surface area contributed by atoms with E-state index >= 15 is 0 Å². The van der Waals surface area contributed by atoms with Crippen LogP contribution in [0.1, 0.15) is 0 Å². The minimum Gasteiger partial charge on any atom is -0.347 e. The number of rotatable bonds is 4. The molecule has 2 N–H and O–H groups in total. The van der Waals surface area contributed by atoms with Crippen LogP contribution in [-0.4, -0.2) is 48.9 Å². The van der Waals surface area contributed by atoms with Gasteiger partial charge in [-0.05, 0) is 26.2 Å². The predicted octanol–water partition coefficient (Wildman–Crippen LogP) is 0.351. The number of aromatic nitrogens is 1. The molecule has 0 fully saturated rings. The fraction of sp³-hybridized carbons (Fsp3) is 0.364. The summed E-state index contributed by atoms with van der Waals surface area (Å²) < 4.78 is 0. The fourth-order valence-electron chi connectivity index (χ4n) is 1.13. The molecule has 6 nitrogen and oxygen atoms in total. The summed E-state index contributed by atoms with van der Waals surface area (Å²) in [5.41, 5.74) is 0.312. The van der Waals surface area contributed by atoms with E-state index in [0.717, 1.165) is 0 Å². The molecule has 1 heterocycles. The average Bonchev–Trinajstić information content (AvgIpc) is 2.31. The summed E-state index contributed by atoms with van der Waals surface area (Å²) in [6, 6.07) is 3.19.